The van der Waals surface area contributed by atoms with Gasteiger partial charge >= 0.3 is 0 Å². The molecule has 2 aromatic heterocycles. The highest BCUT2D eigenvalue weighted by Crippen LogP contribution is 2.27. The molecule has 0 spiro atoms. The minimum absolute atomic E-state index is 0.176. The minimum Gasteiger partial charge on any atom is -0.364 e. The van der Waals surface area contributed by atoms with Crippen molar-refractivity contribution in [1.29, 1.82) is 0 Å². The maximum Gasteiger partial charge on any atom is 0.253 e. The predicted molar refractivity (Wildman–Crippen MR) is 96.0 cm³/mol. The Bertz CT molecular complexity index is 1010. The largest absolute Gasteiger partial charge is 0.364 e. The van der Waals surface area contributed by atoms with Gasteiger partial charge in [-0.25, -0.2) is 0 Å². The van der Waals surface area contributed by atoms with Gasteiger partial charge in [-0.1, -0.05) is 29.4 Å². The van der Waals surface area contributed by atoms with Crippen molar-refractivity contribution in [3.05, 3.63) is 59.2 Å². The maximum atomic E-state index is 13.9. The van der Waals surface area contributed by atoms with E-state index in [1.165, 1.54) is 4.90 Å². The quantitative estimate of drug-likeness (QED) is 0.489. The van der Waals surface area contributed by atoms with Gasteiger partial charge in [0.25, 0.3) is 11.9 Å². The number of nitrogens with zero attached hydrogens (tertiary/aromatic N) is 5. The first-order valence-electron chi connectivity index (χ1n) is 9.00. The summed E-state index contributed by atoms with van der Waals surface area (Å²) in [6.45, 7) is 3.45. The number of rotatable bonds is 4. The first-order chi connectivity index (χ1) is 13.9. The molecule has 1 aliphatic heterocycles. The zero-order chi connectivity index (χ0) is 20.5. The van der Waals surface area contributed by atoms with Gasteiger partial charge in [-0.05, 0) is 12.5 Å². The molecule has 3 heterocycles. The fraction of sp³-hybridized carbons (Fsp3) is 0.316. The van der Waals surface area contributed by atoms with Crippen LogP contribution in [0.15, 0.2) is 28.8 Å². The van der Waals surface area contributed by atoms with Crippen LogP contribution in [0.5, 0.6) is 0 Å². The van der Waals surface area contributed by atoms with E-state index in [0.29, 0.717) is 31.3 Å². The van der Waals surface area contributed by atoms with E-state index in [1.54, 1.807) is 0 Å². The molecule has 1 fully saturated rings. The van der Waals surface area contributed by atoms with E-state index in [4.69, 9.17) is 4.52 Å². The highest BCUT2D eigenvalue weighted by Gasteiger charge is 2.28. The van der Waals surface area contributed by atoms with Crippen LogP contribution in [-0.2, 0) is 6.54 Å². The average molecular weight is 407 g/mol. The van der Waals surface area contributed by atoms with Gasteiger partial charge in [-0.3, -0.25) is 4.90 Å². The minimum atomic E-state index is -1.66. The lowest BCUT2D eigenvalue weighted by Crippen LogP contribution is -2.46. The molecular weight excluding hydrogens is 390 g/mol. The molecule has 0 aliphatic carbocycles. The summed E-state index contributed by atoms with van der Waals surface area (Å²) in [5.74, 6) is -5.39. The summed E-state index contributed by atoms with van der Waals surface area (Å²) in [5, 5.41) is 4.01. The number of hydrogen-bond acceptors (Lipinski definition) is 6. The zero-order valence-electron chi connectivity index (χ0n) is 15.5. The second-order valence-electron chi connectivity index (χ2n) is 6.76. The first kappa shape index (κ1) is 19.3. The molecular formula is C19H17F4N5O. The van der Waals surface area contributed by atoms with Gasteiger partial charge in [-0.2, -0.15) is 27.5 Å². The third kappa shape index (κ3) is 3.80. The maximum absolute atomic E-state index is 13.9. The first-order valence-corrected chi connectivity index (χ1v) is 9.00. The summed E-state index contributed by atoms with van der Waals surface area (Å²) in [6.07, 6.45) is 0. The SMILES string of the molecule is Cc1ccccc1-c1noc(CN2CCN(c3c(F)c(F)nc(F)c3F)CC2)n1. The summed E-state index contributed by atoms with van der Waals surface area (Å²) in [7, 11) is 0. The van der Waals surface area contributed by atoms with Gasteiger partial charge in [0, 0.05) is 31.7 Å². The number of hydrogen-bond donors (Lipinski definition) is 0. The van der Waals surface area contributed by atoms with Crippen LogP contribution in [0.1, 0.15) is 11.5 Å². The molecule has 1 saturated heterocycles. The summed E-state index contributed by atoms with van der Waals surface area (Å²) in [5.41, 5.74) is 1.17. The van der Waals surface area contributed by atoms with Crippen molar-refractivity contribution < 1.29 is 22.1 Å². The van der Waals surface area contributed by atoms with Crippen LogP contribution in [0.25, 0.3) is 11.4 Å². The van der Waals surface area contributed by atoms with Crippen LogP contribution < -0.4 is 4.90 Å². The highest BCUT2D eigenvalue weighted by atomic mass is 19.2. The van der Waals surface area contributed by atoms with Crippen LogP contribution in [0.4, 0.5) is 23.2 Å². The second-order valence-corrected chi connectivity index (χ2v) is 6.76. The zero-order valence-corrected chi connectivity index (χ0v) is 15.5. The Labute approximate surface area is 163 Å². The van der Waals surface area contributed by atoms with Crippen LogP contribution in [0, 0.1) is 30.5 Å². The Morgan fingerprint density at radius 3 is 2.24 bits per heavy atom. The van der Waals surface area contributed by atoms with E-state index in [9.17, 15) is 17.6 Å². The van der Waals surface area contributed by atoms with Crippen molar-refractivity contribution in [3.8, 4) is 11.4 Å². The molecule has 0 N–H and O–H groups in total. The van der Waals surface area contributed by atoms with E-state index in [2.05, 4.69) is 15.1 Å². The molecule has 0 amide bonds. The fourth-order valence-corrected chi connectivity index (χ4v) is 3.33. The number of halogens is 4. The molecule has 1 aliphatic rings. The van der Waals surface area contributed by atoms with Crippen molar-refractivity contribution in [2.24, 2.45) is 0 Å². The van der Waals surface area contributed by atoms with E-state index < -0.39 is 29.2 Å². The van der Waals surface area contributed by atoms with Crippen molar-refractivity contribution >= 4 is 5.69 Å². The van der Waals surface area contributed by atoms with Gasteiger partial charge in [0.2, 0.25) is 23.3 Å². The molecule has 0 saturated carbocycles. The summed E-state index contributed by atoms with van der Waals surface area (Å²) in [6, 6.07) is 7.67. The van der Waals surface area contributed by atoms with Crippen molar-refractivity contribution in [1.82, 2.24) is 20.0 Å². The molecule has 0 unspecified atom stereocenters. The third-order valence-corrected chi connectivity index (χ3v) is 4.88. The van der Waals surface area contributed by atoms with Gasteiger partial charge in [0.15, 0.2) is 0 Å². The molecule has 0 bridgehead atoms. The Morgan fingerprint density at radius 1 is 0.931 bits per heavy atom. The van der Waals surface area contributed by atoms with Crippen LogP contribution in [-0.4, -0.2) is 46.2 Å². The number of aromatic nitrogens is 3. The normalized spacial score (nSPS) is 15.1. The van der Waals surface area contributed by atoms with Gasteiger partial charge in [0.1, 0.15) is 5.69 Å². The van der Waals surface area contributed by atoms with Gasteiger partial charge < -0.3 is 9.42 Å². The molecule has 3 aromatic rings. The van der Waals surface area contributed by atoms with E-state index in [-0.39, 0.29) is 13.1 Å². The standard InChI is InChI=1S/C19H17F4N5O/c1-11-4-2-3-5-12(11)19-24-13(29-26-19)10-27-6-8-28(9-7-27)16-14(20)17(22)25-18(23)15(16)21/h2-5H,6-10H2,1H3. The molecule has 29 heavy (non-hydrogen) atoms. The number of pyridine rings is 1. The summed E-state index contributed by atoms with van der Waals surface area (Å²) >= 11 is 0. The Morgan fingerprint density at radius 2 is 1.59 bits per heavy atom. The van der Waals surface area contributed by atoms with Crippen molar-refractivity contribution in [2.75, 3.05) is 31.1 Å². The van der Waals surface area contributed by atoms with Crippen LogP contribution in [0.2, 0.25) is 0 Å². The summed E-state index contributed by atoms with van der Waals surface area (Å²) in [4.78, 5) is 10.2. The van der Waals surface area contributed by atoms with Crippen molar-refractivity contribution in [2.45, 2.75) is 13.5 Å². The third-order valence-electron chi connectivity index (χ3n) is 4.88. The lowest BCUT2D eigenvalue weighted by molar-refractivity contribution is 0.214. The fourth-order valence-electron chi connectivity index (χ4n) is 3.33. The summed E-state index contributed by atoms with van der Waals surface area (Å²) < 4.78 is 59.9. The Kier molecular flexibility index (Phi) is 5.18. The smallest absolute Gasteiger partial charge is 0.253 e. The van der Waals surface area contributed by atoms with Crippen molar-refractivity contribution in [3.63, 3.8) is 0 Å². The number of anilines is 1. The lowest BCUT2D eigenvalue weighted by atomic mass is 10.1. The number of benzene rings is 1. The molecule has 6 nitrogen and oxygen atoms in total. The highest BCUT2D eigenvalue weighted by molar-refractivity contribution is 5.58. The topological polar surface area (TPSA) is 58.3 Å². The number of aryl methyl sites for hydroxylation is 1. The number of piperazine rings is 1. The van der Waals surface area contributed by atoms with Gasteiger partial charge in [0.05, 0.1) is 6.54 Å². The molecule has 1 aromatic carbocycles. The molecule has 0 atom stereocenters. The van der Waals surface area contributed by atoms with E-state index in [1.807, 2.05) is 36.1 Å². The molecule has 10 heteroatoms. The van der Waals surface area contributed by atoms with Crippen LogP contribution in [0.3, 0.4) is 0 Å². The monoisotopic (exact) mass is 407 g/mol. The molecule has 4 rings (SSSR count). The average Bonchev–Trinajstić information content (AvgIpc) is 3.16. The Balaban J connectivity index is 1.42. The van der Waals surface area contributed by atoms with E-state index >= 15 is 0 Å². The Hall–Kier alpha value is -3.01. The van der Waals surface area contributed by atoms with E-state index in [0.717, 1.165) is 11.1 Å². The van der Waals surface area contributed by atoms with Gasteiger partial charge in [-0.15, -0.1) is 0 Å². The lowest BCUT2D eigenvalue weighted by Gasteiger charge is -2.35. The predicted octanol–water partition coefficient (Wildman–Crippen LogP) is 3.32. The molecule has 0 radical (unpaired) electrons. The molecule has 152 valence electrons. The van der Waals surface area contributed by atoms with Crippen LogP contribution >= 0.6 is 0 Å². The second kappa shape index (κ2) is 7.78.